The maximum absolute atomic E-state index is 12.5. The lowest BCUT2D eigenvalue weighted by Crippen LogP contribution is -2.16. The molecule has 0 unspecified atom stereocenters. The Bertz CT molecular complexity index is 917. The number of esters is 1. The Morgan fingerprint density at radius 3 is 2.56 bits per heavy atom. The molecule has 2 N–H and O–H groups in total. The monoisotopic (exact) mass is 335 g/mol. The van der Waals surface area contributed by atoms with Gasteiger partial charge in [0.1, 0.15) is 11.4 Å². The van der Waals surface area contributed by atoms with Crippen LogP contribution >= 0.6 is 0 Å². The number of anilines is 1. The minimum Gasteiger partial charge on any atom is -0.464 e. The van der Waals surface area contributed by atoms with Crippen LogP contribution < -0.4 is 5.32 Å². The third-order valence-electron chi connectivity index (χ3n) is 3.69. The molecule has 2 heterocycles. The van der Waals surface area contributed by atoms with Crippen LogP contribution in [-0.4, -0.2) is 29.0 Å². The minimum atomic E-state index is -0.547. The first-order chi connectivity index (χ1) is 12.1. The van der Waals surface area contributed by atoms with Gasteiger partial charge in [0.05, 0.1) is 12.8 Å². The largest absolute Gasteiger partial charge is 0.464 e. The van der Waals surface area contributed by atoms with Crippen molar-refractivity contribution in [2.24, 2.45) is 0 Å². The lowest BCUT2D eigenvalue weighted by atomic mass is 10.1. The lowest BCUT2D eigenvalue weighted by molar-refractivity contribution is 0.0596. The maximum atomic E-state index is 12.5. The molecule has 0 saturated carbocycles. The first-order valence-corrected chi connectivity index (χ1v) is 7.69. The summed E-state index contributed by atoms with van der Waals surface area (Å²) in [6.07, 6.45) is 1.58. The average molecular weight is 335 g/mol. The predicted octanol–water partition coefficient (Wildman–Crippen LogP) is 3.42. The van der Waals surface area contributed by atoms with Gasteiger partial charge in [-0.15, -0.1) is 0 Å². The fourth-order valence-corrected chi connectivity index (χ4v) is 2.50. The number of nitrogens with one attached hydrogen (secondary N) is 2. The Kier molecular flexibility index (Phi) is 4.61. The quantitative estimate of drug-likeness (QED) is 0.716. The topological polar surface area (TPSA) is 84.1 Å². The molecule has 0 aliphatic carbocycles. The van der Waals surface area contributed by atoms with Crippen molar-refractivity contribution in [3.63, 3.8) is 0 Å². The van der Waals surface area contributed by atoms with Crippen LogP contribution in [0.5, 0.6) is 0 Å². The van der Waals surface area contributed by atoms with Crippen LogP contribution in [0.4, 0.5) is 5.69 Å². The Balaban J connectivity index is 1.87. The number of hydrogen-bond donors (Lipinski definition) is 2. The van der Waals surface area contributed by atoms with E-state index in [4.69, 9.17) is 4.74 Å². The summed E-state index contributed by atoms with van der Waals surface area (Å²) in [6, 6.07) is 14.9. The molecule has 0 atom stereocenters. The number of aromatic nitrogens is 2. The molecule has 1 amide bonds. The number of benzene rings is 1. The van der Waals surface area contributed by atoms with Crippen LogP contribution in [0.1, 0.15) is 26.7 Å². The number of pyridine rings is 1. The van der Waals surface area contributed by atoms with Crippen molar-refractivity contribution in [3.05, 3.63) is 71.8 Å². The van der Waals surface area contributed by atoms with Gasteiger partial charge in [-0.2, -0.15) is 0 Å². The summed E-state index contributed by atoms with van der Waals surface area (Å²) in [4.78, 5) is 31.3. The van der Waals surface area contributed by atoms with Gasteiger partial charge in [-0.25, -0.2) is 4.79 Å². The summed E-state index contributed by atoms with van der Waals surface area (Å²) in [7, 11) is 1.29. The Morgan fingerprint density at radius 2 is 1.84 bits per heavy atom. The van der Waals surface area contributed by atoms with Crippen molar-refractivity contribution in [1.82, 2.24) is 9.97 Å². The SMILES string of the molecule is COC(=O)c1[nH]c(C)cc1NC(=O)c1cc(-c2ccccc2)ccn1. The predicted molar refractivity (Wildman–Crippen MR) is 94.5 cm³/mol. The van der Waals surface area contributed by atoms with Crippen molar-refractivity contribution in [2.45, 2.75) is 6.92 Å². The molecular weight excluding hydrogens is 318 g/mol. The van der Waals surface area contributed by atoms with Crippen LogP contribution in [0.3, 0.4) is 0 Å². The molecule has 3 aromatic rings. The van der Waals surface area contributed by atoms with Gasteiger partial charge >= 0.3 is 5.97 Å². The Labute approximate surface area is 144 Å². The van der Waals surface area contributed by atoms with Gasteiger partial charge in [-0.05, 0) is 36.2 Å². The summed E-state index contributed by atoms with van der Waals surface area (Å²) in [5.74, 6) is -0.948. The average Bonchev–Trinajstić information content (AvgIpc) is 3.02. The van der Waals surface area contributed by atoms with Gasteiger partial charge in [-0.1, -0.05) is 30.3 Å². The molecule has 1 aromatic carbocycles. The second-order valence-electron chi connectivity index (χ2n) is 5.48. The summed E-state index contributed by atoms with van der Waals surface area (Å²) >= 11 is 0. The minimum absolute atomic E-state index is 0.201. The van der Waals surface area contributed by atoms with Gasteiger partial charge in [-0.3, -0.25) is 9.78 Å². The second kappa shape index (κ2) is 7.00. The number of methoxy groups -OCH3 is 1. The Morgan fingerprint density at radius 1 is 1.08 bits per heavy atom. The number of nitrogens with zero attached hydrogens (tertiary/aromatic N) is 1. The molecule has 126 valence electrons. The number of H-pyrrole nitrogens is 1. The zero-order valence-corrected chi connectivity index (χ0v) is 13.9. The Hall–Kier alpha value is -3.41. The first kappa shape index (κ1) is 16.4. The molecule has 25 heavy (non-hydrogen) atoms. The zero-order chi connectivity index (χ0) is 17.8. The summed E-state index contributed by atoms with van der Waals surface area (Å²) in [5.41, 5.74) is 3.44. The molecule has 0 aliphatic heterocycles. The van der Waals surface area contributed by atoms with Crippen LogP contribution in [0.25, 0.3) is 11.1 Å². The van der Waals surface area contributed by atoms with E-state index in [-0.39, 0.29) is 11.4 Å². The lowest BCUT2D eigenvalue weighted by Gasteiger charge is -2.07. The second-order valence-corrected chi connectivity index (χ2v) is 5.48. The van der Waals surface area contributed by atoms with E-state index in [1.807, 2.05) is 36.4 Å². The highest BCUT2D eigenvalue weighted by Crippen LogP contribution is 2.21. The molecule has 0 aliphatic rings. The summed E-state index contributed by atoms with van der Waals surface area (Å²) in [5, 5.41) is 2.71. The fraction of sp³-hybridized carbons (Fsp3) is 0.105. The van der Waals surface area contributed by atoms with Crippen LogP contribution in [0.15, 0.2) is 54.7 Å². The maximum Gasteiger partial charge on any atom is 0.356 e. The fourth-order valence-electron chi connectivity index (χ4n) is 2.50. The molecule has 0 saturated heterocycles. The number of aromatic amines is 1. The number of rotatable bonds is 4. The molecule has 0 spiro atoms. The van der Waals surface area contributed by atoms with Crippen molar-refractivity contribution in [3.8, 4) is 11.1 Å². The van der Waals surface area contributed by atoms with Gasteiger partial charge in [0, 0.05) is 11.9 Å². The van der Waals surface area contributed by atoms with Gasteiger partial charge in [0.15, 0.2) is 0 Å². The van der Waals surface area contributed by atoms with Gasteiger partial charge in [0.25, 0.3) is 5.91 Å². The summed E-state index contributed by atoms with van der Waals surface area (Å²) in [6.45, 7) is 1.79. The first-order valence-electron chi connectivity index (χ1n) is 7.69. The third kappa shape index (κ3) is 3.58. The normalized spacial score (nSPS) is 10.3. The molecule has 6 nitrogen and oxygen atoms in total. The zero-order valence-electron chi connectivity index (χ0n) is 13.9. The third-order valence-corrected chi connectivity index (χ3v) is 3.69. The molecule has 0 radical (unpaired) electrons. The highest BCUT2D eigenvalue weighted by Gasteiger charge is 2.18. The van der Waals surface area contributed by atoms with Crippen molar-refractivity contribution < 1.29 is 14.3 Å². The molecule has 0 fully saturated rings. The van der Waals surface area contributed by atoms with E-state index in [0.29, 0.717) is 5.69 Å². The molecule has 0 bridgehead atoms. The van der Waals surface area contributed by atoms with Crippen molar-refractivity contribution in [1.29, 1.82) is 0 Å². The van der Waals surface area contributed by atoms with E-state index >= 15 is 0 Å². The number of amides is 1. The molecule has 6 heteroatoms. The van der Waals surface area contributed by atoms with Crippen molar-refractivity contribution >= 4 is 17.6 Å². The van der Waals surface area contributed by atoms with E-state index in [2.05, 4.69) is 15.3 Å². The van der Waals surface area contributed by atoms with Crippen LogP contribution in [-0.2, 0) is 4.74 Å². The summed E-state index contributed by atoms with van der Waals surface area (Å²) < 4.78 is 4.72. The van der Waals surface area contributed by atoms with Crippen LogP contribution in [0, 0.1) is 6.92 Å². The standard InChI is InChI=1S/C19H17N3O3/c1-12-10-15(17(21-12)19(24)25-2)22-18(23)16-11-14(8-9-20-16)13-6-4-3-5-7-13/h3-11,21H,1-2H3,(H,22,23). The highest BCUT2D eigenvalue weighted by molar-refractivity contribution is 6.07. The van der Waals surface area contributed by atoms with E-state index < -0.39 is 11.9 Å². The molecular formula is C19H17N3O3. The van der Waals surface area contributed by atoms with E-state index in [1.54, 1.807) is 25.3 Å². The highest BCUT2D eigenvalue weighted by atomic mass is 16.5. The van der Waals surface area contributed by atoms with Gasteiger partial charge < -0.3 is 15.0 Å². The number of hydrogen-bond acceptors (Lipinski definition) is 4. The smallest absolute Gasteiger partial charge is 0.356 e. The number of ether oxygens (including phenoxy) is 1. The number of carbonyl (C=O) groups excluding carboxylic acids is 2. The molecule has 2 aromatic heterocycles. The van der Waals surface area contributed by atoms with Crippen LogP contribution in [0.2, 0.25) is 0 Å². The van der Waals surface area contributed by atoms with E-state index in [1.165, 1.54) is 7.11 Å². The van der Waals surface area contributed by atoms with Crippen molar-refractivity contribution in [2.75, 3.05) is 12.4 Å². The number of carbonyl (C=O) groups is 2. The number of aryl methyl sites for hydroxylation is 1. The van der Waals surface area contributed by atoms with E-state index in [0.717, 1.165) is 16.8 Å². The van der Waals surface area contributed by atoms with Gasteiger partial charge in [0.2, 0.25) is 0 Å². The van der Waals surface area contributed by atoms with E-state index in [9.17, 15) is 9.59 Å². The molecule has 3 rings (SSSR count).